The molecule has 0 aliphatic carbocycles. The maximum absolute atomic E-state index is 12.5. The van der Waals surface area contributed by atoms with Gasteiger partial charge in [-0.3, -0.25) is 4.79 Å². The summed E-state index contributed by atoms with van der Waals surface area (Å²) in [4.78, 5) is 12.5. The Morgan fingerprint density at radius 3 is 2.65 bits per heavy atom. The molecule has 4 rings (SSSR count). The molecule has 0 radical (unpaired) electrons. The topological polar surface area (TPSA) is 34.0 Å². The number of rotatable bonds is 2. The molecule has 3 heteroatoms. The number of carbonyl (C=O) groups excluding carboxylic acids is 1. The van der Waals surface area contributed by atoms with Crippen molar-refractivity contribution in [1.29, 1.82) is 0 Å². The third-order valence-electron chi connectivity index (χ3n) is 5.00. The van der Waals surface area contributed by atoms with Crippen molar-refractivity contribution in [3.63, 3.8) is 0 Å². The third-order valence-corrected chi connectivity index (χ3v) is 5.00. The van der Waals surface area contributed by atoms with Crippen molar-refractivity contribution in [3.05, 3.63) is 64.8 Å². The van der Waals surface area contributed by atoms with Gasteiger partial charge in [0.05, 0.1) is 5.52 Å². The van der Waals surface area contributed by atoms with E-state index in [4.69, 9.17) is 0 Å². The number of aromatic nitrogens is 1. The summed E-state index contributed by atoms with van der Waals surface area (Å²) in [7, 11) is 0. The van der Waals surface area contributed by atoms with E-state index in [1.807, 2.05) is 30.3 Å². The maximum atomic E-state index is 12.5. The first-order chi connectivity index (χ1) is 11.2. The van der Waals surface area contributed by atoms with Crippen molar-refractivity contribution in [3.8, 4) is 0 Å². The molecular formula is C20H20N2O. The molecule has 1 N–H and O–H groups in total. The highest BCUT2D eigenvalue weighted by Gasteiger charge is 2.21. The summed E-state index contributed by atoms with van der Waals surface area (Å²) >= 11 is 0. The lowest BCUT2D eigenvalue weighted by Gasteiger charge is -2.20. The van der Waals surface area contributed by atoms with Gasteiger partial charge in [-0.25, -0.2) is 0 Å². The Balaban J connectivity index is 1.80. The van der Waals surface area contributed by atoms with Gasteiger partial charge < -0.3 is 9.88 Å². The highest BCUT2D eigenvalue weighted by molar-refractivity contribution is 6.06. The van der Waals surface area contributed by atoms with Crippen molar-refractivity contribution in [2.75, 3.05) is 5.32 Å². The lowest BCUT2D eigenvalue weighted by molar-refractivity contribution is 0.102. The second kappa shape index (κ2) is 5.27. The van der Waals surface area contributed by atoms with E-state index in [0.717, 1.165) is 25.1 Å². The standard InChI is InChI=1S/C20H20N2O/c1-13-14(2)22-12-6-9-17-18(11-10-16(13)19(17)22)21-20(23)15-7-4-3-5-8-15/h3-5,7-8,10-11H,6,9,12H2,1-2H3,(H,21,23). The summed E-state index contributed by atoms with van der Waals surface area (Å²) in [6.45, 7) is 5.44. The zero-order valence-electron chi connectivity index (χ0n) is 13.5. The van der Waals surface area contributed by atoms with E-state index in [-0.39, 0.29) is 5.91 Å². The van der Waals surface area contributed by atoms with Crippen molar-refractivity contribution in [2.45, 2.75) is 33.2 Å². The zero-order chi connectivity index (χ0) is 16.0. The van der Waals surface area contributed by atoms with Crippen molar-refractivity contribution in [1.82, 2.24) is 4.57 Å². The fourth-order valence-corrected chi connectivity index (χ4v) is 3.66. The van der Waals surface area contributed by atoms with Gasteiger partial charge in [0.25, 0.3) is 5.91 Å². The van der Waals surface area contributed by atoms with E-state index in [2.05, 4.69) is 35.9 Å². The van der Waals surface area contributed by atoms with Gasteiger partial charge in [0.1, 0.15) is 0 Å². The Kier molecular flexibility index (Phi) is 3.22. The number of aryl methyl sites for hydroxylation is 3. The van der Waals surface area contributed by atoms with Crippen molar-refractivity contribution >= 4 is 22.5 Å². The van der Waals surface area contributed by atoms with E-state index < -0.39 is 0 Å². The molecule has 2 heterocycles. The van der Waals surface area contributed by atoms with Gasteiger partial charge in [0.15, 0.2) is 0 Å². The largest absolute Gasteiger partial charge is 0.344 e. The van der Waals surface area contributed by atoms with E-state index in [9.17, 15) is 4.79 Å². The SMILES string of the molecule is Cc1c(C)n2c3c(c(NC(=O)c4ccccc4)ccc13)CCC2. The van der Waals surface area contributed by atoms with Crippen LogP contribution in [0.1, 0.15) is 33.6 Å². The second-order valence-electron chi connectivity index (χ2n) is 6.27. The Labute approximate surface area is 135 Å². The second-order valence-corrected chi connectivity index (χ2v) is 6.27. The minimum atomic E-state index is -0.0432. The van der Waals surface area contributed by atoms with E-state index in [1.165, 1.54) is 27.7 Å². The Hall–Kier alpha value is -2.55. The molecule has 1 aliphatic rings. The molecule has 0 atom stereocenters. The van der Waals surface area contributed by atoms with Gasteiger partial charge in [-0.05, 0) is 50.5 Å². The molecule has 0 unspecified atom stereocenters. The van der Waals surface area contributed by atoms with Crippen LogP contribution in [0.3, 0.4) is 0 Å². The quantitative estimate of drug-likeness (QED) is 0.745. The molecule has 1 aromatic heterocycles. The molecule has 0 fully saturated rings. The fraction of sp³-hybridized carbons (Fsp3) is 0.250. The van der Waals surface area contributed by atoms with Gasteiger partial charge in [-0.1, -0.05) is 24.3 Å². The van der Waals surface area contributed by atoms with Crippen LogP contribution in [0.25, 0.3) is 10.9 Å². The van der Waals surface area contributed by atoms with Crippen LogP contribution < -0.4 is 5.32 Å². The molecule has 3 nitrogen and oxygen atoms in total. The fourth-order valence-electron chi connectivity index (χ4n) is 3.66. The lowest BCUT2D eigenvalue weighted by Crippen LogP contribution is -2.16. The molecule has 23 heavy (non-hydrogen) atoms. The molecule has 0 bridgehead atoms. The molecular weight excluding hydrogens is 284 g/mol. The normalized spacial score (nSPS) is 13.3. The van der Waals surface area contributed by atoms with E-state index in [1.54, 1.807) is 0 Å². The Morgan fingerprint density at radius 2 is 1.87 bits per heavy atom. The van der Waals surface area contributed by atoms with Crippen LogP contribution in [0.5, 0.6) is 0 Å². The number of carbonyl (C=O) groups is 1. The number of hydrogen-bond donors (Lipinski definition) is 1. The molecule has 0 spiro atoms. The minimum absolute atomic E-state index is 0.0432. The van der Waals surface area contributed by atoms with Crippen molar-refractivity contribution in [2.24, 2.45) is 0 Å². The van der Waals surface area contributed by atoms with E-state index >= 15 is 0 Å². The first-order valence-electron chi connectivity index (χ1n) is 8.14. The average molecular weight is 304 g/mol. The predicted octanol–water partition coefficient (Wildman–Crippen LogP) is 4.46. The van der Waals surface area contributed by atoms with Gasteiger partial charge >= 0.3 is 0 Å². The number of anilines is 1. The predicted molar refractivity (Wildman–Crippen MR) is 94.1 cm³/mol. The minimum Gasteiger partial charge on any atom is -0.344 e. The number of hydrogen-bond acceptors (Lipinski definition) is 1. The van der Waals surface area contributed by atoms with Gasteiger partial charge in [0.2, 0.25) is 0 Å². The van der Waals surface area contributed by atoms with Gasteiger partial charge in [0, 0.05) is 34.4 Å². The number of nitrogens with one attached hydrogen (secondary N) is 1. The van der Waals surface area contributed by atoms with Crippen LogP contribution in [0.15, 0.2) is 42.5 Å². The molecule has 0 saturated heterocycles. The van der Waals surface area contributed by atoms with Crippen molar-refractivity contribution < 1.29 is 4.79 Å². The first-order valence-corrected chi connectivity index (χ1v) is 8.14. The third kappa shape index (κ3) is 2.15. The zero-order valence-corrected chi connectivity index (χ0v) is 13.5. The molecule has 1 aliphatic heterocycles. The Bertz CT molecular complexity index is 907. The summed E-state index contributed by atoms with van der Waals surface area (Å²) in [6.07, 6.45) is 2.14. The molecule has 116 valence electrons. The molecule has 0 saturated carbocycles. The Morgan fingerprint density at radius 1 is 1.09 bits per heavy atom. The molecule has 3 aromatic rings. The number of nitrogens with zero attached hydrogens (tertiary/aromatic N) is 1. The van der Waals surface area contributed by atoms with Crippen LogP contribution >= 0.6 is 0 Å². The first kappa shape index (κ1) is 14.1. The summed E-state index contributed by atoms with van der Waals surface area (Å²) < 4.78 is 2.40. The van der Waals surface area contributed by atoms with Crippen LogP contribution in [0.4, 0.5) is 5.69 Å². The van der Waals surface area contributed by atoms with Gasteiger partial charge in [-0.2, -0.15) is 0 Å². The van der Waals surface area contributed by atoms with Crippen LogP contribution in [0.2, 0.25) is 0 Å². The lowest BCUT2D eigenvalue weighted by atomic mass is 10.00. The highest BCUT2D eigenvalue weighted by atomic mass is 16.1. The maximum Gasteiger partial charge on any atom is 0.255 e. The van der Waals surface area contributed by atoms with Crippen LogP contribution in [-0.4, -0.2) is 10.5 Å². The number of amides is 1. The average Bonchev–Trinajstić information content (AvgIpc) is 2.84. The summed E-state index contributed by atoms with van der Waals surface area (Å²) in [5, 5.41) is 4.42. The monoisotopic (exact) mass is 304 g/mol. The number of benzene rings is 2. The smallest absolute Gasteiger partial charge is 0.255 e. The molecule has 2 aromatic carbocycles. The summed E-state index contributed by atoms with van der Waals surface area (Å²) in [5.41, 5.74) is 6.91. The van der Waals surface area contributed by atoms with E-state index in [0.29, 0.717) is 5.56 Å². The van der Waals surface area contributed by atoms with Crippen LogP contribution in [0, 0.1) is 13.8 Å². The van der Waals surface area contributed by atoms with Crippen LogP contribution in [-0.2, 0) is 13.0 Å². The summed E-state index contributed by atoms with van der Waals surface area (Å²) in [6, 6.07) is 13.6. The summed E-state index contributed by atoms with van der Waals surface area (Å²) in [5.74, 6) is -0.0432. The highest BCUT2D eigenvalue weighted by Crippen LogP contribution is 2.36. The van der Waals surface area contributed by atoms with Gasteiger partial charge in [-0.15, -0.1) is 0 Å². The molecule has 1 amide bonds.